The lowest BCUT2D eigenvalue weighted by Crippen LogP contribution is -2.06. The fourth-order valence-corrected chi connectivity index (χ4v) is 2.55. The third-order valence-electron chi connectivity index (χ3n) is 5.06. The number of carboxylic acids is 1. The van der Waals surface area contributed by atoms with Gasteiger partial charge in [-0.2, -0.15) is 0 Å². The first-order valence-corrected chi connectivity index (χ1v) is 12.8. The van der Waals surface area contributed by atoms with Gasteiger partial charge in [-0.3, -0.25) is 0 Å². The SMILES string of the molecule is C=C(/C=C(\C=C/C)C(=O)O)C(C)C/C=C(\N)CC(C)CCC.CC.CC.CCC(C)CC. The van der Waals surface area contributed by atoms with Crippen molar-refractivity contribution >= 4 is 5.97 Å². The van der Waals surface area contributed by atoms with Gasteiger partial charge in [0, 0.05) is 5.70 Å². The van der Waals surface area contributed by atoms with Gasteiger partial charge in [-0.15, -0.1) is 0 Å². The van der Waals surface area contributed by atoms with Crippen LogP contribution in [0.3, 0.4) is 0 Å². The number of carboxylic acid groups (broad SMARTS) is 1. The smallest absolute Gasteiger partial charge is 0.335 e. The molecule has 0 amide bonds. The largest absolute Gasteiger partial charge is 0.478 e. The molecule has 3 N–H and O–H groups in total. The molecule has 0 saturated carbocycles. The van der Waals surface area contributed by atoms with Gasteiger partial charge in [-0.25, -0.2) is 4.79 Å². The van der Waals surface area contributed by atoms with Crippen LogP contribution in [0.4, 0.5) is 0 Å². The molecule has 0 spiro atoms. The Morgan fingerprint density at radius 1 is 1.00 bits per heavy atom. The van der Waals surface area contributed by atoms with E-state index in [9.17, 15) is 4.79 Å². The summed E-state index contributed by atoms with van der Waals surface area (Å²) in [7, 11) is 0. The maximum atomic E-state index is 11.1. The molecule has 0 aromatic carbocycles. The molecule has 2 atom stereocenters. The number of rotatable bonds is 12. The minimum atomic E-state index is -0.935. The zero-order valence-corrected chi connectivity index (χ0v) is 23.4. The number of hydrogen-bond donors (Lipinski definition) is 2. The summed E-state index contributed by atoms with van der Waals surface area (Å²) < 4.78 is 0. The van der Waals surface area contributed by atoms with E-state index in [-0.39, 0.29) is 11.5 Å². The lowest BCUT2D eigenvalue weighted by atomic mass is 9.94. The minimum absolute atomic E-state index is 0.166. The molecule has 0 saturated heterocycles. The average Bonchev–Trinajstić information content (AvgIpc) is 2.79. The van der Waals surface area contributed by atoms with Crippen molar-refractivity contribution in [1.29, 1.82) is 0 Å². The van der Waals surface area contributed by atoms with Gasteiger partial charge in [0.25, 0.3) is 0 Å². The highest BCUT2D eigenvalue weighted by Gasteiger charge is 2.09. The lowest BCUT2D eigenvalue weighted by Gasteiger charge is -2.13. The summed E-state index contributed by atoms with van der Waals surface area (Å²) in [4.78, 5) is 11.1. The van der Waals surface area contributed by atoms with Crippen LogP contribution in [0.1, 0.15) is 115 Å². The highest BCUT2D eigenvalue weighted by atomic mass is 16.4. The van der Waals surface area contributed by atoms with Gasteiger partial charge < -0.3 is 10.8 Å². The van der Waals surface area contributed by atoms with E-state index in [2.05, 4.69) is 41.2 Å². The Bertz CT molecular complexity index is 525. The topological polar surface area (TPSA) is 63.3 Å². The zero-order valence-electron chi connectivity index (χ0n) is 23.4. The van der Waals surface area contributed by atoms with E-state index >= 15 is 0 Å². The van der Waals surface area contributed by atoms with Crippen LogP contribution >= 0.6 is 0 Å². The molecule has 0 aliphatic carbocycles. The van der Waals surface area contributed by atoms with Gasteiger partial charge in [0.1, 0.15) is 0 Å². The number of allylic oxidation sites excluding steroid dienone is 5. The molecule has 3 heteroatoms. The van der Waals surface area contributed by atoms with Gasteiger partial charge >= 0.3 is 5.97 Å². The molecular formula is C29H57NO2. The van der Waals surface area contributed by atoms with Crippen LogP contribution in [0.2, 0.25) is 0 Å². The van der Waals surface area contributed by atoms with E-state index in [1.165, 1.54) is 25.7 Å². The normalized spacial score (nSPS) is 13.1. The average molecular weight is 452 g/mol. The second kappa shape index (κ2) is 27.3. The fraction of sp³-hybridized carbons (Fsp3) is 0.690. The summed E-state index contributed by atoms with van der Waals surface area (Å²) in [6, 6.07) is 0. The molecule has 0 rings (SSSR count). The molecular weight excluding hydrogens is 394 g/mol. The molecule has 0 bridgehead atoms. The summed E-state index contributed by atoms with van der Waals surface area (Å²) in [6.07, 6.45) is 13.7. The van der Waals surface area contributed by atoms with Gasteiger partial charge in [0.15, 0.2) is 0 Å². The standard InChI is InChI=1S/C19H31NO2.C6H14.2C2H6/c1-6-8-14(3)12-18(20)11-10-15(4)16(5)13-17(9-7-2)19(21)22;1-4-6(3)5-2;2*1-2/h7,9,11,13-15H,5-6,8,10,12,20H2,1-4H3,(H,21,22);6H,4-5H2,1-3H3;2*1-2H3/b9-7-,17-13+,18-11-;;;. The quantitative estimate of drug-likeness (QED) is 0.229. The second-order valence-corrected chi connectivity index (χ2v) is 7.92. The van der Waals surface area contributed by atoms with Crippen LogP contribution in [0, 0.1) is 17.8 Å². The van der Waals surface area contributed by atoms with Crippen molar-refractivity contribution in [2.75, 3.05) is 0 Å². The molecule has 0 radical (unpaired) electrons. The Labute approximate surface area is 202 Å². The van der Waals surface area contributed by atoms with Crippen molar-refractivity contribution in [3.05, 3.63) is 47.7 Å². The minimum Gasteiger partial charge on any atom is -0.478 e. The molecule has 0 aromatic heterocycles. The highest BCUT2D eigenvalue weighted by molar-refractivity contribution is 5.90. The van der Waals surface area contributed by atoms with Crippen molar-refractivity contribution in [2.24, 2.45) is 23.5 Å². The van der Waals surface area contributed by atoms with Crippen LogP contribution < -0.4 is 5.73 Å². The van der Waals surface area contributed by atoms with Crippen molar-refractivity contribution in [1.82, 2.24) is 0 Å². The monoisotopic (exact) mass is 451 g/mol. The Morgan fingerprint density at radius 3 is 1.84 bits per heavy atom. The van der Waals surface area contributed by atoms with Gasteiger partial charge in [0.2, 0.25) is 0 Å². The van der Waals surface area contributed by atoms with E-state index in [1.54, 1.807) is 25.2 Å². The molecule has 0 aliphatic heterocycles. The van der Waals surface area contributed by atoms with E-state index in [0.29, 0.717) is 5.92 Å². The van der Waals surface area contributed by atoms with E-state index < -0.39 is 5.97 Å². The van der Waals surface area contributed by atoms with E-state index in [0.717, 1.165) is 30.0 Å². The summed E-state index contributed by atoms with van der Waals surface area (Å²) >= 11 is 0. The molecule has 3 nitrogen and oxygen atoms in total. The Kier molecular flexibility index (Phi) is 32.0. The van der Waals surface area contributed by atoms with Crippen LogP contribution in [-0.4, -0.2) is 11.1 Å². The Balaban J connectivity index is -0.000000330. The lowest BCUT2D eigenvalue weighted by molar-refractivity contribution is -0.132. The van der Waals surface area contributed by atoms with Crippen molar-refractivity contribution in [3.63, 3.8) is 0 Å². The molecule has 0 heterocycles. The maximum Gasteiger partial charge on any atom is 0.335 e. The van der Waals surface area contributed by atoms with Gasteiger partial charge in [-0.05, 0) is 43.6 Å². The highest BCUT2D eigenvalue weighted by Crippen LogP contribution is 2.19. The Morgan fingerprint density at radius 2 is 1.50 bits per heavy atom. The van der Waals surface area contributed by atoms with Crippen LogP contribution in [-0.2, 0) is 4.79 Å². The summed E-state index contributed by atoms with van der Waals surface area (Å²) in [5.41, 5.74) is 8.04. The van der Waals surface area contributed by atoms with Crippen LogP contribution in [0.5, 0.6) is 0 Å². The summed E-state index contributed by atoms with van der Waals surface area (Å²) in [5, 5.41) is 9.11. The first kappa shape index (κ1) is 37.5. The van der Waals surface area contributed by atoms with Crippen LogP contribution in [0.25, 0.3) is 0 Å². The summed E-state index contributed by atoms with van der Waals surface area (Å²) in [5.74, 6) is 0.771. The number of hydrogen-bond acceptors (Lipinski definition) is 2. The first-order chi connectivity index (χ1) is 15.1. The fourth-order valence-electron chi connectivity index (χ4n) is 2.55. The van der Waals surface area contributed by atoms with E-state index in [4.69, 9.17) is 10.8 Å². The predicted molar refractivity (Wildman–Crippen MR) is 147 cm³/mol. The van der Waals surface area contributed by atoms with Crippen molar-refractivity contribution < 1.29 is 9.90 Å². The molecule has 2 unspecified atom stereocenters. The molecule has 32 heavy (non-hydrogen) atoms. The predicted octanol–water partition coefficient (Wildman–Crippen LogP) is 9.32. The molecule has 0 fully saturated rings. The van der Waals surface area contributed by atoms with Gasteiger partial charge in [-0.1, -0.05) is 125 Å². The number of aliphatic carboxylic acids is 1. The molecule has 190 valence electrons. The van der Waals surface area contributed by atoms with Crippen molar-refractivity contribution in [3.8, 4) is 0 Å². The van der Waals surface area contributed by atoms with Gasteiger partial charge in [0.05, 0.1) is 5.57 Å². The second-order valence-electron chi connectivity index (χ2n) is 7.92. The Hall–Kier alpha value is -1.77. The number of nitrogens with two attached hydrogens (primary N) is 1. The molecule has 0 aliphatic rings. The van der Waals surface area contributed by atoms with Crippen molar-refractivity contribution in [2.45, 2.75) is 115 Å². The maximum absolute atomic E-state index is 11.1. The number of carbonyl (C=O) groups is 1. The zero-order chi connectivity index (χ0) is 26.1. The van der Waals surface area contributed by atoms with Crippen LogP contribution in [0.15, 0.2) is 47.7 Å². The molecule has 0 aromatic rings. The third kappa shape index (κ3) is 24.5. The van der Waals surface area contributed by atoms with E-state index in [1.807, 2.05) is 40.7 Å². The summed E-state index contributed by atoms with van der Waals surface area (Å²) in [6.45, 7) is 26.9. The third-order valence-corrected chi connectivity index (χ3v) is 5.06. The first-order valence-electron chi connectivity index (χ1n) is 12.8.